The Hall–Kier alpha value is -2.73. The highest BCUT2D eigenvalue weighted by molar-refractivity contribution is 6.04. The monoisotopic (exact) mass is 354 g/mol. The van der Waals surface area contributed by atoms with Gasteiger partial charge in [0.1, 0.15) is 0 Å². The van der Waals surface area contributed by atoms with Gasteiger partial charge in [-0.3, -0.25) is 4.79 Å². The normalized spacial score (nSPS) is 16.6. The summed E-state index contributed by atoms with van der Waals surface area (Å²) in [6.07, 6.45) is 0. The fourth-order valence-corrected chi connectivity index (χ4v) is 3.43. The molecule has 0 spiro atoms. The first kappa shape index (κ1) is 16.7. The first-order valence-electron chi connectivity index (χ1n) is 9.12. The number of piperazine rings is 1. The van der Waals surface area contributed by atoms with E-state index >= 15 is 0 Å². The molecule has 0 unspecified atom stereocenters. The molecular formula is C20H24N3O3+. The third kappa shape index (κ3) is 3.46. The number of ether oxygens (including phenoxy) is 2. The van der Waals surface area contributed by atoms with Gasteiger partial charge in [0, 0.05) is 16.9 Å². The van der Waals surface area contributed by atoms with Crippen LogP contribution in [0.4, 0.5) is 11.4 Å². The van der Waals surface area contributed by atoms with Crippen molar-refractivity contribution in [3.63, 3.8) is 0 Å². The van der Waals surface area contributed by atoms with Crippen LogP contribution >= 0.6 is 0 Å². The van der Waals surface area contributed by atoms with E-state index in [9.17, 15) is 4.79 Å². The van der Waals surface area contributed by atoms with Crippen LogP contribution in [0.2, 0.25) is 0 Å². The van der Waals surface area contributed by atoms with Gasteiger partial charge in [-0.2, -0.15) is 0 Å². The summed E-state index contributed by atoms with van der Waals surface area (Å²) >= 11 is 0. The molecule has 2 N–H and O–H groups in total. The highest BCUT2D eigenvalue weighted by Gasteiger charge is 2.19. The molecule has 6 heteroatoms. The van der Waals surface area contributed by atoms with Gasteiger partial charge < -0.3 is 24.6 Å². The van der Waals surface area contributed by atoms with Gasteiger partial charge >= 0.3 is 0 Å². The molecule has 6 nitrogen and oxygen atoms in total. The van der Waals surface area contributed by atoms with Gasteiger partial charge in [-0.25, -0.2) is 0 Å². The first-order valence-corrected chi connectivity index (χ1v) is 9.12. The van der Waals surface area contributed by atoms with Crippen LogP contribution in [0.5, 0.6) is 11.5 Å². The number of carbonyl (C=O) groups is 1. The molecule has 0 aromatic heterocycles. The van der Waals surface area contributed by atoms with Crippen molar-refractivity contribution in [1.82, 2.24) is 0 Å². The number of nitrogens with one attached hydrogen (secondary N) is 2. The fourth-order valence-electron chi connectivity index (χ4n) is 3.43. The molecule has 2 heterocycles. The molecule has 26 heavy (non-hydrogen) atoms. The fraction of sp³-hybridized carbons (Fsp3) is 0.350. The zero-order chi connectivity index (χ0) is 17.9. The predicted molar refractivity (Wildman–Crippen MR) is 100 cm³/mol. The standard InChI is InChI=1S/C20H23N3O3/c1-2-22-9-11-23(12-10-22)17-6-4-16(5-7-17)21-20(24)15-3-8-18-19(13-15)26-14-25-18/h3-8,13H,2,9-12,14H2,1H3,(H,21,24)/p+1. The molecule has 2 aromatic carbocycles. The minimum Gasteiger partial charge on any atom is -0.454 e. The lowest BCUT2D eigenvalue weighted by Crippen LogP contribution is -3.14. The Balaban J connectivity index is 1.39. The molecule has 0 aliphatic carbocycles. The molecule has 136 valence electrons. The molecule has 4 rings (SSSR count). The molecule has 0 radical (unpaired) electrons. The number of amides is 1. The van der Waals surface area contributed by atoms with Crippen molar-refractivity contribution in [3.05, 3.63) is 48.0 Å². The van der Waals surface area contributed by atoms with E-state index in [1.807, 2.05) is 12.1 Å². The summed E-state index contributed by atoms with van der Waals surface area (Å²) in [7, 11) is 0. The summed E-state index contributed by atoms with van der Waals surface area (Å²) in [5, 5.41) is 2.94. The summed E-state index contributed by atoms with van der Waals surface area (Å²) in [6, 6.07) is 13.3. The Kier molecular flexibility index (Phi) is 4.67. The van der Waals surface area contributed by atoms with Crippen LogP contribution in [0.1, 0.15) is 17.3 Å². The molecule has 1 amide bonds. The highest BCUT2D eigenvalue weighted by Crippen LogP contribution is 2.32. The lowest BCUT2D eigenvalue weighted by atomic mass is 10.1. The number of hydrogen-bond acceptors (Lipinski definition) is 4. The van der Waals surface area contributed by atoms with Crippen molar-refractivity contribution < 1.29 is 19.2 Å². The summed E-state index contributed by atoms with van der Waals surface area (Å²) < 4.78 is 10.6. The van der Waals surface area contributed by atoms with Crippen LogP contribution in [0.3, 0.4) is 0 Å². The summed E-state index contributed by atoms with van der Waals surface area (Å²) in [4.78, 5) is 16.5. The Morgan fingerprint density at radius 1 is 1.08 bits per heavy atom. The number of rotatable bonds is 4. The second-order valence-electron chi connectivity index (χ2n) is 6.66. The summed E-state index contributed by atoms with van der Waals surface area (Å²) in [5.41, 5.74) is 2.55. The van der Waals surface area contributed by atoms with Gasteiger partial charge in [0.2, 0.25) is 6.79 Å². The van der Waals surface area contributed by atoms with E-state index in [2.05, 4.69) is 29.3 Å². The van der Waals surface area contributed by atoms with Crippen molar-refractivity contribution in [2.24, 2.45) is 0 Å². The van der Waals surface area contributed by atoms with Gasteiger partial charge in [-0.05, 0) is 49.4 Å². The van der Waals surface area contributed by atoms with Crippen molar-refractivity contribution in [2.45, 2.75) is 6.92 Å². The SMILES string of the molecule is CC[NH+]1CCN(c2ccc(NC(=O)c3ccc4c(c3)OCO4)cc2)CC1. The van der Waals surface area contributed by atoms with Crippen LogP contribution in [-0.2, 0) is 0 Å². The van der Waals surface area contributed by atoms with Crippen molar-refractivity contribution in [1.29, 1.82) is 0 Å². The molecule has 0 bridgehead atoms. The van der Waals surface area contributed by atoms with Gasteiger partial charge in [0.15, 0.2) is 11.5 Å². The maximum absolute atomic E-state index is 12.4. The van der Waals surface area contributed by atoms with Crippen molar-refractivity contribution >= 4 is 17.3 Å². The van der Waals surface area contributed by atoms with Crippen molar-refractivity contribution in [2.75, 3.05) is 49.7 Å². The Labute approximate surface area is 153 Å². The Morgan fingerprint density at radius 3 is 2.54 bits per heavy atom. The topological polar surface area (TPSA) is 55.2 Å². The molecule has 2 aromatic rings. The van der Waals surface area contributed by atoms with E-state index in [1.54, 1.807) is 23.1 Å². The molecule has 1 fully saturated rings. The maximum Gasteiger partial charge on any atom is 0.255 e. The summed E-state index contributed by atoms with van der Waals surface area (Å²) in [5.74, 6) is 1.13. The average Bonchev–Trinajstić information content (AvgIpc) is 3.16. The van der Waals surface area contributed by atoms with Crippen LogP contribution in [0.25, 0.3) is 0 Å². The number of likely N-dealkylation sites (N-methyl/N-ethyl adjacent to an activating group) is 1. The predicted octanol–water partition coefficient (Wildman–Crippen LogP) is 1.39. The van der Waals surface area contributed by atoms with Crippen LogP contribution in [0, 0.1) is 0 Å². The van der Waals surface area contributed by atoms with Gasteiger partial charge in [-0.15, -0.1) is 0 Å². The second kappa shape index (κ2) is 7.25. The molecule has 0 saturated carbocycles. The Morgan fingerprint density at radius 2 is 1.81 bits per heavy atom. The first-order chi connectivity index (χ1) is 12.7. The zero-order valence-corrected chi connectivity index (χ0v) is 15.0. The summed E-state index contributed by atoms with van der Waals surface area (Å²) in [6.45, 7) is 8.15. The van der Waals surface area contributed by atoms with E-state index < -0.39 is 0 Å². The minimum absolute atomic E-state index is 0.156. The lowest BCUT2D eigenvalue weighted by Gasteiger charge is -2.33. The molecule has 0 atom stereocenters. The lowest BCUT2D eigenvalue weighted by molar-refractivity contribution is -0.898. The number of benzene rings is 2. The van der Waals surface area contributed by atoms with Gasteiger partial charge in [0.05, 0.1) is 32.7 Å². The zero-order valence-electron chi connectivity index (χ0n) is 15.0. The minimum atomic E-state index is -0.156. The van der Waals surface area contributed by atoms with E-state index in [-0.39, 0.29) is 12.7 Å². The van der Waals surface area contributed by atoms with Crippen molar-refractivity contribution in [3.8, 4) is 11.5 Å². The van der Waals surface area contributed by atoms with Crippen LogP contribution in [0.15, 0.2) is 42.5 Å². The number of anilines is 2. The molecular weight excluding hydrogens is 330 g/mol. The number of hydrogen-bond donors (Lipinski definition) is 2. The molecule has 1 saturated heterocycles. The number of fused-ring (bicyclic) bond motifs is 1. The number of nitrogens with zero attached hydrogens (tertiary/aromatic N) is 1. The highest BCUT2D eigenvalue weighted by atomic mass is 16.7. The third-order valence-corrected chi connectivity index (χ3v) is 5.10. The molecule has 2 aliphatic rings. The second-order valence-corrected chi connectivity index (χ2v) is 6.66. The largest absolute Gasteiger partial charge is 0.454 e. The third-order valence-electron chi connectivity index (χ3n) is 5.10. The van der Waals surface area contributed by atoms with Crippen LogP contribution in [-0.4, -0.2) is 45.4 Å². The van der Waals surface area contributed by atoms with E-state index in [0.717, 1.165) is 18.8 Å². The quantitative estimate of drug-likeness (QED) is 0.871. The van der Waals surface area contributed by atoms with E-state index in [0.29, 0.717) is 17.1 Å². The number of quaternary nitrogens is 1. The number of carbonyl (C=O) groups excluding carboxylic acids is 1. The van der Waals surface area contributed by atoms with E-state index in [4.69, 9.17) is 9.47 Å². The van der Waals surface area contributed by atoms with E-state index in [1.165, 1.54) is 25.3 Å². The average molecular weight is 354 g/mol. The maximum atomic E-state index is 12.4. The smallest absolute Gasteiger partial charge is 0.255 e. The Bertz CT molecular complexity index is 783. The van der Waals surface area contributed by atoms with Crippen LogP contribution < -0.4 is 24.6 Å². The molecule has 2 aliphatic heterocycles. The van der Waals surface area contributed by atoms with Gasteiger partial charge in [0.25, 0.3) is 5.91 Å². The van der Waals surface area contributed by atoms with Gasteiger partial charge in [-0.1, -0.05) is 0 Å².